The number of hydrogen-bond acceptors (Lipinski definition) is 3. The number of carboxylic acids is 1. The van der Waals surface area contributed by atoms with E-state index in [1.807, 2.05) is 13.8 Å². The SMILES string of the molecule is COc1cccc(NC(C)C)c1C(=O)O. The van der Waals surface area contributed by atoms with Gasteiger partial charge in [0.25, 0.3) is 0 Å². The number of aromatic carboxylic acids is 1. The molecular weight excluding hydrogens is 194 g/mol. The summed E-state index contributed by atoms with van der Waals surface area (Å²) in [5.74, 6) is -0.622. The van der Waals surface area contributed by atoms with Gasteiger partial charge in [-0.25, -0.2) is 4.79 Å². The van der Waals surface area contributed by atoms with E-state index in [0.717, 1.165) is 0 Å². The summed E-state index contributed by atoms with van der Waals surface area (Å²) < 4.78 is 5.01. The van der Waals surface area contributed by atoms with Crippen LogP contribution >= 0.6 is 0 Å². The standard InChI is InChI=1S/C11H15NO3/c1-7(2)12-8-5-4-6-9(15-3)10(8)11(13)14/h4-7,12H,1-3H3,(H,13,14). The summed E-state index contributed by atoms with van der Waals surface area (Å²) in [5.41, 5.74) is 0.755. The Bertz CT molecular complexity index is 361. The molecule has 0 aliphatic rings. The van der Waals surface area contributed by atoms with Gasteiger partial charge in [0, 0.05) is 6.04 Å². The van der Waals surface area contributed by atoms with Gasteiger partial charge in [0.1, 0.15) is 11.3 Å². The first-order valence-corrected chi connectivity index (χ1v) is 4.73. The van der Waals surface area contributed by atoms with Crippen molar-refractivity contribution in [3.8, 4) is 5.75 Å². The van der Waals surface area contributed by atoms with Crippen molar-refractivity contribution in [2.45, 2.75) is 19.9 Å². The van der Waals surface area contributed by atoms with Gasteiger partial charge in [-0.15, -0.1) is 0 Å². The molecule has 0 atom stereocenters. The maximum absolute atomic E-state index is 11.1. The summed E-state index contributed by atoms with van der Waals surface area (Å²) >= 11 is 0. The van der Waals surface area contributed by atoms with Crippen molar-refractivity contribution >= 4 is 11.7 Å². The Labute approximate surface area is 88.9 Å². The molecule has 0 aromatic heterocycles. The molecule has 2 N–H and O–H groups in total. The van der Waals surface area contributed by atoms with Gasteiger partial charge in [-0.05, 0) is 26.0 Å². The van der Waals surface area contributed by atoms with Crippen LogP contribution in [0, 0.1) is 0 Å². The van der Waals surface area contributed by atoms with Crippen LogP contribution in [-0.2, 0) is 0 Å². The highest BCUT2D eigenvalue weighted by molar-refractivity contribution is 5.97. The number of methoxy groups -OCH3 is 1. The van der Waals surface area contributed by atoms with Gasteiger partial charge in [-0.2, -0.15) is 0 Å². The molecule has 0 amide bonds. The molecule has 0 unspecified atom stereocenters. The minimum Gasteiger partial charge on any atom is -0.496 e. The van der Waals surface area contributed by atoms with Gasteiger partial charge in [0.05, 0.1) is 12.8 Å². The van der Waals surface area contributed by atoms with Crippen molar-refractivity contribution < 1.29 is 14.6 Å². The Hall–Kier alpha value is -1.71. The lowest BCUT2D eigenvalue weighted by Crippen LogP contribution is -2.14. The molecular formula is C11H15NO3. The molecule has 0 aliphatic carbocycles. The van der Waals surface area contributed by atoms with Crippen LogP contribution in [0.15, 0.2) is 18.2 Å². The second-order valence-electron chi connectivity index (χ2n) is 3.49. The van der Waals surface area contributed by atoms with E-state index in [0.29, 0.717) is 11.4 Å². The van der Waals surface area contributed by atoms with Crippen molar-refractivity contribution in [1.82, 2.24) is 0 Å². The third-order valence-electron chi connectivity index (χ3n) is 1.90. The van der Waals surface area contributed by atoms with E-state index in [1.165, 1.54) is 7.11 Å². The van der Waals surface area contributed by atoms with Gasteiger partial charge in [-0.1, -0.05) is 6.07 Å². The summed E-state index contributed by atoms with van der Waals surface area (Å²) in [6, 6.07) is 5.30. The predicted molar refractivity (Wildman–Crippen MR) is 58.7 cm³/mol. The largest absolute Gasteiger partial charge is 0.496 e. The third kappa shape index (κ3) is 2.62. The Morgan fingerprint density at radius 2 is 2.13 bits per heavy atom. The average molecular weight is 209 g/mol. The Balaban J connectivity index is 3.19. The molecule has 4 nitrogen and oxygen atoms in total. The lowest BCUT2D eigenvalue weighted by molar-refractivity contribution is 0.0694. The fraction of sp³-hybridized carbons (Fsp3) is 0.364. The van der Waals surface area contributed by atoms with Crippen LogP contribution in [0.5, 0.6) is 5.75 Å². The lowest BCUT2D eigenvalue weighted by atomic mass is 10.1. The monoisotopic (exact) mass is 209 g/mol. The summed E-state index contributed by atoms with van der Waals surface area (Å²) in [7, 11) is 1.46. The van der Waals surface area contributed by atoms with Crippen LogP contribution in [0.4, 0.5) is 5.69 Å². The van der Waals surface area contributed by atoms with Crippen LogP contribution in [-0.4, -0.2) is 24.2 Å². The predicted octanol–water partition coefficient (Wildman–Crippen LogP) is 2.21. The van der Waals surface area contributed by atoms with E-state index in [4.69, 9.17) is 9.84 Å². The van der Waals surface area contributed by atoms with Crippen LogP contribution in [0.25, 0.3) is 0 Å². The van der Waals surface area contributed by atoms with Crippen molar-refractivity contribution in [2.24, 2.45) is 0 Å². The molecule has 82 valence electrons. The molecule has 15 heavy (non-hydrogen) atoms. The zero-order chi connectivity index (χ0) is 11.4. The number of anilines is 1. The number of nitrogens with one attached hydrogen (secondary N) is 1. The molecule has 1 aromatic rings. The molecule has 0 radical (unpaired) electrons. The highest BCUT2D eigenvalue weighted by atomic mass is 16.5. The van der Waals surface area contributed by atoms with Crippen molar-refractivity contribution in [3.63, 3.8) is 0 Å². The van der Waals surface area contributed by atoms with Crippen LogP contribution in [0.1, 0.15) is 24.2 Å². The third-order valence-corrected chi connectivity index (χ3v) is 1.90. The number of hydrogen-bond donors (Lipinski definition) is 2. The molecule has 1 aromatic carbocycles. The van der Waals surface area contributed by atoms with Gasteiger partial charge in [0.2, 0.25) is 0 Å². The topological polar surface area (TPSA) is 58.6 Å². The minimum atomic E-state index is -0.990. The normalized spacial score (nSPS) is 10.1. The number of rotatable bonds is 4. The minimum absolute atomic E-state index is 0.175. The van der Waals surface area contributed by atoms with E-state index < -0.39 is 5.97 Å². The molecule has 0 fully saturated rings. The van der Waals surface area contributed by atoms with Gasteiger partial charge in [-0.3, -0.25) is 0 Å². The fourth-order valence-corrected chi connectivity index (χ4v) is 1.35. The molecule has 0 saturated carbocycles. The van der Waals surface area contributed by atoms with E-state index in [1.54, 1.807) is 18.2 Å². The average Bonchev–Trinajstić information content (AvgIpc) is 2.15. The second-order valence-corrected chi connectivity index (χ2v) is 3.49. The Morgan fingerprint density at radius 3 is 2.60 bits per heavy atom. The van der Waals surface area contributed by atoms with Crippen molar-refractivity contribution in [1.29, 1.82) is 0 Å². The lowest BCUT2D eigenvalue weighted by Gasteiger charge is -2.14. The van der Waals surface area contributed by atoms with Crippen LogP contribution < -0.4 is 10.1 Å². The first-order chi connectivity index (χ1) is 7.06. The van der Waals surface area contributed by atoms with Crippen LogP contribution in [0.2, 0.25) is 0 Å². The number of carbonyl (C=O) groups is 1. The number of ether oxygens (including phenoxy) is 1. The fourth-order valence-electron chi connectivity index (χ4n) is 1.35. The highest BCUT2D eigenvalue weighted by Crippen LogP contribution is 2.26. The smallest absolute Gasteiger partial charge is 0.341 e. The second kappa shape index (κ2) is 4.68. The maximum Gasteiger partial charge on any atom is 0.341 e. The summed E-state index contributed by atoms with van der Waals surface area (Å²) in [6.07, 6.45) is 0. The van der Waals surface area contributed by atoms with E-state index in [-0.39, 0.29) is 11.6 Å². The van der Waals surface area contributed by atoms with E-state index >= 15 is 0 Å². The number of benzene rings is 1. The van der Waals surface area contributed by atoms with Crippen molar-refractivity contribution in [3.05, 3.63) is 23.8 Å². The molecule has 0 aliphatic heterocycles. The summed E-state index contributed by atoms with van der Waals surface area (Å²) in [6.45, 7) is 3.90. The van der Waals surface area contributed by atoms with E-state index in [2.05, 4.69) is 5.32 Å². The Kier molecular flexibility index (Phi) is 3.55. The molecule has 0 spiro atoms. The molecule has 0 bridgehead atoms. The quantitative estimate of drug-likeness (QED) is 0.798. The van der Waals surface area contributed by atoms with Crippen molar-refractivity contribution in [2.75, 3.05) is 12.4 Å². The maximum atomic E-state index is 11.1. The summed E-state index contributed by atoms with van der Waals surface area (Å²) in [5, 5.41) is 12.1. The van der Waals surface area contributed by atoms with Gasteiger partial charge >= 0.3 is 5.97 Å². The molecule has 4 heteroatoms. The van der Waals surface area contributed by atoms with Gasteiger partial charge in [0.15, 0.2) is 0 Å². The first-order valence-electron chi connectivity index (χ1n) is 4.73. The van der Waals surface area contributed by atoms with E-state index in [9.17, 15) is 4.79 Å². The van der Waals surface area contributed by atoms with Gasteiger partial charge < -0.3 is 15.2 Å². The molecule has 1 rings (SSSR count). The highest BCUT2D eigenvalue weighted by Gasteiger charge is 2.16. The first kappa shape index (κ1) is 11.4. The molecule has 0 heterocycles. The molecule has 0 saturated heterocycles. The zero-order valence-corrected chi connectivity index (χ0v) is 9.07. The van der Waals surface area contributed by atoms with Crippen LogP contribution in [0.3, 0.4) is 0 Å². The zero-order valence-electron chi connectivity index (χ0n) is 9.07. The summed E-state index contributed by atoms with van der Waals surface area (Å²) in [4.78, 5) is 11.1. The Morgan fingerprint density at radius 1 is 1.47 bits per heavy atom. The number of carboxylic acid groups (broad SMARTS) is 1.